The van der Waals surface area contributed by atoms with Crippen molar-refractivity contribution in [2.75, 3.05) is 7.11 Å². The van der Waals surface area contributed by atoms with Crippen molar-refractivity contribution in [2.45, 2.75) is 0 Å². The Balaban J connectivity index is 3.19. The maximum atomic E-state index is 12.2. The van der Waals surface area contributed by atoms with Gasteiger partial charge in [-0.05, 0) is 18.2 Å². The van der Waals surface area contributed by atoms with Crippen molar-refractivity contribution < 1.29 is 22.8 Å². The minimum absolute atomic E-state index is 0.0759. The summed E-state index contributed by atoms with van der Waals surface area (Å²) in [4.78, 5) is 0. The summed E-state index contributed by atoms with van der Waals surface area (Å²) in [7, 11) is 1.26. The molecule has 1 N–H and O–H groups in total. The molecule has 0 saturated carbocycles. The van der Waals surface area contributed by atoms with E-state index in [1.165, 1.54) is 13.2 Å². The minimum atomic E-state index is -5.19. The van der Waals surface area contributed by atoms with Crippen LogP contribution in [0.1, 0.15) is 0 Å². The predicted molar refractivity (Wildman–Crippen MR) is 43.4 cm³/mol. The summed E-state index contributed by atoms with van der Waals surface area (Å²) in [6.45, 7) is -5.19. The summed E-state index contributed by atoms with van der Waals surface area (Å²) in [6, 6.07) is 3.00. The van der Waals surface area contributed by atoms with Crippen LogP contribution in [0.4, 0.5) is 12.9 Å². The Labute approximate surface area is 73.0 Å². The first-order valence-electron chi connectivity index (χ1n) is 3.52. The van der Waals surface area contributed by atoms with Crippen LogP contribution < -0.4 is 10.2 Å². The highest BCUT2D eigenvalue weighted by Gasteiger charge is 2.29. The Kier molecular flexibility index (Phi) is 2.40. The first-order chi connectivity index (χ1) is 5.95. The SMILES string of the molecule is COc1ccc(O)c([B-](F)(F)F)c1. The molecule has 0 unspecified atom stereocenters. The van der Waals surface area contributed by atoms with Crippen LogP contribution in [0, 0.1) is 0 Å². The second-order valence-corrected chi connectivity index (χ2v) is 2.50. The van der Waals surface area contributed by atoms with E-state index in [4.69, 9.17) is 5.11 Å². The van der Waals surface area contributed by atoms with Gasteiger partial charge in [0, 0.05) is 0 Å². The fourth-order valence-corrected chi connectivity index (χ4v) is 0.922. The maximum Gasteiger partial charge on any atom is 0.513 e. The number of phenolic OH excluding ortho intramolecular Hbond substituents is 1. The van der Waals surface area contributed by atoms with Crippen LogP contribution >= 0.6 is 0 Å². The summed E-state index contributed by atoms with van der Waals surface area (Å²) in [5, 5.41) is 8.91. The van der Waals surface area contributed by atoms with Crippen molar-refractivity contribution in [1.82, 2.24) is 0 Å². The zero-order valence-electron chi connectivity index (χ0n) is 6.80. The lowest BCUT2D eigenvalue weighted by Crippen LogP contribution is -2.34. The largest absolute Gasteiger partial charge is 0.513 e. The molecule has 2 nitrogen and oxygen atoms in total. The summed E-state index contributed by atoms with van der Waals surface area (Å²) in [6.07, 6.45) is 0. The second kappa shape index (κ2) is 3.20. The standard InChI is InChI=1S/C7H7BF3O2/c1-13-5-2-3-7(12)6(4-5)8(9,10)11/h2-4,12H,1H3/q-1. The van der Waals surface area contributed by atoms with Gasteiger partial charge in [0.1, 0.15) is 5.75 Å². The molecule has 72 valence electrons. The molecule has 1 aromatic rings. The quantitative estimate of drug-likeness (QED) is 0.716. The van der Waals surface area contributed by atoms with Gasteiger partial charge in [-0.3, -0.25) is 0 Å². The van der Waals surface area contributed by atoms with Crippen molar-refractivity contribution >= 4 is 12.4 Å². The normalized spacial score (nSPS) is 11.4. The molecule has 0 spiro atoms. The third-order valence-electron chi connectivity index (χ3n) is 1.59. The monoisotopic (exact) mass is 191 g/mol. The van der Waals surface area contributed by atoms with E-state index >= 15 is 0 Å². The molecule has 0 radical (unpaired) electrons. The number of rotatable bonds is 2. The van der Waals surface area contributed by atoms with Gasteiger partial charge in [-0.25, -0.2) is 0 Å². The molecule has 0 aliphatic carbocycles. The van der Waals surface area contributed by atoms with Crippen LogP contribution in [0.25, 0.3) is 0 Å². The first kappa shape index (κ1) is 9.76. The molecule has 0 saturated heterocycles. The summed E-state index contributed by atoms with van der Waals surface area (Å²) < 4.78 is 41.2. The van der Waals surface area contributed by atoms with Gasteiger partial charge in [-0.2, -0.15) is 0 Å². The summed E-state index contributed by atoms with van der Waals surface area (Å²) in [5.74, 6) is -0.694. The lowest BCUT2D eigenvalue weighted by atomic mass is 9.79. The molecule has 0 bridgehead atoms. The third kappa shape index (κ3) is 2.08. The number of halogens is 3. The van der Waals surface area contributed by atoms with Crippen molar-refractivity contribution in [3.8, 4) is 11.5 Å². The number of methoxy groups -OCH3 is 1. The molecule has 1 aromatic carbocycles. The van der Waals surface area contributed by atoms with Crippen LogP contribution in [0.15, 0.2) is 18.2 Å². The average Bonchev–Trinajstić information content (AvgIpc) is 2.03. The molecule has 0 heterocycles. The van der Waals surface area contributed by atoms with Crippen LogP contribution in [-0.2, 0) is 0 Å². The van der Waals surface area contributed by atoms with E-state index in [1.807, 2.05) is 0 Å². The second-order valence-electron chi connectivity index (χ2n) is 2.50. The van der Waals surface area contributed by atoms with E-state index in [-0.39, 0.29) is 5.75 Å². The van der Waals surface area contributed by atoms with Gasteiger partial charge >= 0.3 is 6.98 Å². The first-order valence-corrected chi connectivity index (χ1v) is 3.52. The van der Waals surface area contributed by atoms with Gasteiger partial charge in [0.25, 0.3) is 0 Å². The topological polar surface area (TPSA) is 29.5 Å². The van der Waals surface area contributed by atoms with Crippen molar-refractivity contribution in [3.05, 3.63) is 18.2 Å². The van der Waals surface area contributed by atoms with E-state index in [2.05, 4.69) is 4.74 Å². The predicted octanol–water partition coefficient (Wildman–Crippen LogP) is 1.46. The minimum Gasteiger partial charge on any atom is -0.511 e. The Morgan fingerprint density at radius 1 is 1.31 bits per heavy atom. The van der Waals surface area contributed by atoms with E-state index < -0.39 is 18.2 Å². The highest BCUT2D eigenvalue weighted by molar-refractivity contribution is 6.74. The van der Waals surface area contributed by atoms with E-state index in [0.717, 1.165) is 12.1 Å². The zero-order valence-corrected chi connectivity index (χ0v) is 6.80. The number of hydrogen-bond donors (Lipinski definition) is 1. The van der Waals surface area contributed by atoms with E-state index in [0.29, 0.717) is 0 Å². The number of aromatic hydroxyl groups is 1. The lowest BCUT2D eigenvalue weighted by Gasteiger charge is -2.17. The fourth-order valence-electron chi connectivity index (χ4n) is 0.922. The molecule has 0 amide bonds. The van der Waals surface area contributed by atoms with Crippen molar-refractivity contribution in [2.24, 2.45) is 0 Å². The average molecular weight is 191 g/mol. The highest BCUT2D eigenvalue weighted by Crippen LogP contribution is 2.20. The molecule has 0 aromatic heterocycles. The highest BCUT2D eigenvalue weighted by atomic mass is 19.4. The third-order valence-corrected chi connectivity index (χ3v) is 1.59. The Bertz CT molecular complexity index is 311. The van der Waals surface area contributed by atoms with E-state index in [1.54, 1.807) is 0 Å². The van der Waals surface area contributed by atoms with Crippen LogP contribution in [0.5, 0.6) is 11.5 Å². The molecule has 0 fully saturated rings. The summed E-state index contributed by atoms with van der Waals surface area (Å²) >= 11 is 0. The fraction of sp³-hybridized carbons (Fsp3) is 0.143. The molecular formula is C7H7BF3O2-. The maximum absolute atomic E-state index is 12.2. The van der Waals surface area contributed by atoms with Crippen molar-refractivity contribution in [1.29, 1.82) is 0 Å². The lowest BCUT2D eigenvalue weighted by molar-refractivity contribution is 0.411. The number of benzene rings is 1. The van der Waals surface area contributed by atoms with Crippen LogP contribution in [-0.4, -0.2) is 19.2 Å². The Hall–Kier alpha value is -1.33. The molecule has 0 aliphatic heterocycles. The summed E-state index contributed by atoms with van der Waals surface area (Å²) in [5.41, 5.74) is -1.03. The smallest absolute Gasteiger partial charge is 0.511 e. The molecule has 1 rings (SSSR count). The number of phenols is 1. The van der Waals surface area contributed by atoms with Crippen LogP contribution in [0.3, 0.4) is 0 Å². The van der Waals surface area contributed by atoms with Gasteiger partial charge < -0.3 is 22.8 Å². The van der Waals surface area contributed by atoms with Gasteiger partial charge in [0.15, 0.2) is 0 Å². The zero-order chi connectivity index (χ0) is 10.1. The number of ether oxygens (including phenoxy) is 1. The van der Waals surface area contributed by atoms with E-state index in [9.17, 15) is 12.9 Å². The molecular weight excluding hydrogens is 184 g/mol. The molecule has 0 aliphatic rings. The van der Waals surface area contributed by atoms with Gasteiger partial charge in [0.2, 0.25) is 0 Å². The molecule has 6 heteroatoms. The number of hydrogen-bond acceptors (Lipinski definition) is 2. The molecule has 13 heavy (non-hydrogen) atoms. The van der Waals surface area contributed by atoms with Gasteiger partial charge in [-0.1, -0.05) is 5.46 Å². The van der Waals surface area contributed by atoms with Gasteiger partial charge in [-0.15, -0.1) is 0 Å². The van der Waals surface area contributed by atoms with Crippen LogP contribution in [0.2, 0.25) is 0 Å². The molecule has 0 atom stereocenters. The van der Waals surface area contributed by atoms with Gasteiger partial charge in [0.05, 0.1) is 12.9 Å². The Morgan fingerprint density at radius 2 is 1.92 bits per heavy atom. The Morgan fingerprint density at radius 3 is 2.38 bits per heavy atom. The van der Waals surface area contributed by atoms with Crippen molar-refractivity contribution in [3.63, 3.8) is 0 Å².